The molecule has 1 amide bonds. The third-order valence-electron chi connectivity index (χ3n) is 4.90. The lowest BCUT2D eigenvalue weighted by Crippen LogP contribution is -2.46. The molecule has 1 N–H and O–H groups in total. The predicted molar refractivity (Wildman–Crippen MR) is 75.8 cm³/mol. The minimum absolute atomic E-state index is 0.0616. The fraction of sp³-hybridized carbons (Fsp3) is 0.933. The Morgan fingerprint density at radius 1 is 1.21 bits per heavy atom. The standard InChI is InChI=1S/C15H27N3O/c1-3-5-14-16-13(4-2)15(19)18(14)12-8-9-17(10-12)11-6-7-11/h11-14,16H,3-10H2,1-2H3. The van der Waals surface area contributed by atoms with Crippen LogP contribution >= 0.6 is 0 Å². The van der Waals surface area contributed by atoms with Crippen LogP contribution in [0.1, 0.15) is 52.4 Å². The Balaban J connectivity index is 1.67. The van der Waals surface area contributed by atoms with E-state index in [9.17, 15) is 4.79 Å². The summed E-state index contributed by atoms with van der Waals surface area (Å²) in [6.45, 7) is 6.60. The molecular formula is C15H27N3O. The Labute approximate surface area is 116 Å². The van der Waals surface area contributed by atoms with Crippen LogP contribution in [0.15, 0.2) is 0 Å². The lowest BCUT2D eigenvalue weighted by molar-refractivity contribution is -0.132. The van der Waals surface area contributed by atoms with Gasteiger partial charge in [0.05, 0.1) is 12.2 Å². The molecule has 2 heterocycles. The quantitative estimate of drug-likeness (QED) is 0.819. The summed E-state index contributed by atoms with van der Waals surface area (Å²) in [5.74, 6) is 0.351. The second kappa shape index (κ2) is 5.41. The van der Waals surface area contributed by atoms with Crippen LogP contribution in [0, 0.1) is 0 Å². The van der Waals surface area contributed by atoms with Crippen molar-refractivity contribution in [3.8, 4) is 0 Å². The molecule has 19 heavy (non-hydrogen) atoms. The minimum atomic E-state index is 0.0616. The van der Waals surface area contributed by atoms with Crippen molar-refractivity contribution in [1.29, 1.82) is 0 Å². The lowest BCUT2D eigenvalue weighted by atomic mass is 10.1. The molecule has 2 aliphatic heterocycles. The van der Waals surface area contributed by atoms with Crippen molar-refractivity contribution >= 4 is 5.91 Å². The van der Waals surface area contributed by atoms with Gasteiger partial charge in [0, 0.05) is 25.2 Å². The van der Waals surface area contributed by atoms with Crippen molar-refractivity contribution in [3.05, 3.63) is 0 Å². The average Bonchev–Trinajstić information content (AvgIpc) is 3.06. The van der Waals surface area contributed by atoms with Crippen LogP contribution in [0.4, 0.5) is 0 Å². The first-order valence-electron chi connectivity index (χ1n) is 8.06. The van der Waals surface area contributed by atoms with E-state index in [1.807, 2.05) is 0 Å². The van der Waals surface area contributed by atoms with E-state index in [4.69, 9.17) is 0 Å². The second-order valence-corrected chi connectivity index (χ2v) is 6.35. The lowest BCUT2D eigenvalue weighted by Gasteiger charge is -2.30. The maximum absolute atomic E-state index is 12.5. The topological polar surface area (TPSA) is 35.6 Å². The molecule has 3 aliphatic rings. The van der Waals surface area contributed by atoms with Crippen LogP contribution in [-0.4, -0.2) is 53.1 Å². The van der Waals surface area contributed by atoms with Crippen LogP contribution < -0.4 is 5.32 Å². The molecule has 4 heteroatoms. The van der Waals surface area contributed by atoms with Crippen LogP contribution in [0.5, 0.6) is 0 Å². The number of carbonyl (C=O) groups excluding carboxylic acids is 1. The normalized spacial score (nSPS) is 36.4. The summed E-state index contributed by atoms with van der Waals surface area (Å²) in [5, 5.41) is 3.54. The van der Waals surface area contributed by atoms with Gasteiger partial charge in [0.25, 0.3) is 0 Å². The van der Waals surface area contributed by atoms with Gasteiger partial charge in [0.15, 0.2) is 0 Å². The van der Waals surface area contributed by atoms with Crippen LogP contribution in [-0.2, 0) is 4.79 Å². The van der Waals surface area contributed by atoms with Crippen molar-refractivity contribution in [2.75, 3.05) is 13.1 Å². The summed E-state index contributed by atoms with van der Waals surface area (Å²) in [4.78, 5) is 17.3. The molecule has 1 aliphatic carbocycles. The maximum Gasteiger partial charge on any atom is 0.241 e. The SMILES string of the molecule is CCCC1NC(CC)C(=O)N1C1CCN(C2CC2)C1. The van der Waals surface area contributed by atoms with Crippen molar-refractivity contribution in [2.45, 2.75) is 76.7 Å². The number of hydrogen-bond acceptors (Lipinski definition) is 3. The Kier molecular flexibility index (Phi) is 3.81. The van der Waals surface area contributed by atoms with E-state index >= 15 is 0 Å². The molecule has 1 saturated carbocycles. The Morgan fingerprint density at radius 3 is 2.63 bits per heavy atom. The zero-order chi connectivity index (χ0) is 13.4. The number of nitrogens with one attached hydrogen (secondary N) is 1. The number of rotatable bonds is 5. The van der Waals surface area contributed by atoms with E-state index in [0.717, 1.165) is 31.8 Å². The van der Waals surface area contributed by atoms with Gasteiger partial charge in [0.1, 0.15) is 0 Å². The first-order valence-corrected chi connectivity index (χ1v) is 8.06. The van der Waals surface area contributed by atoms with E-state index in [1.165, 1.54) is 25.8 Å². The van der Waals surface area contributed by atoms with Gasteiger partial charge in [-0.1, -0.05) is 20.3 Å². The summed E-state index contributed by atoms with van der Waals surface area (Å²) in [7, 11) is 0. The molecule has 0 aromatic rings. The fourth-order valence-corrected chi connectivity index (χ4v) is 3.71. The van der Waals surface area contributed by atoms with Gasteiger partial charge in [-0.15, -0.1) is 0 Å². The van der Waals surface area contributed by atoms with Gasteiger partial charge in [0.2, 0.25) is 5.91 Å². The van der Waals surface area contributed by atoms with Gasteiger partial charge >= 0.3 is 0 Å². The van der Waals surface area contributed by atoms with Gasteiger partial charge in [-0.25, -0.2) is 0 Å². The molecule has 4 nitrogen and oxygen atoms in total. The maximum atomic E-state index is 12.5. The van der Waals surface area contributed by atoms with E-state index in [2.05, 4.69) is 29.0 Å². The summed E-state index contributed by atoms with van der Waals surface area (Å²) >= 11 is 0. The predicted octanol–water partition coefficient (Wildman–Crippen LogP) is 1.56. The average molecular weight is 265 g/mol. The number of likely N-dealkylation sites (tertiary alicyclic amines) is 1. The van der Waals surface area contributed by atoms with Gasteiger partial charge in [-0.05, 0) is 32.1 Å². The highest BCUT2D eigenvalue weighted by molar-refractivity contribution is 5.84. The van der Waals surface area contributed by atoms with Crippen molar-refractivity contribution in [1.82, 2.24) is 15.1 Å². The zero-order valence-electron chi connectivity index (χ0n) is 12.3. The minimum Gasteiger partial charge on any atom is -0.321 e. The van der Waals surface area contributed by atoms with Crippen molar-refractivity contribution in [3.63, 3.8) is 0 Å². The second-order valence-electron chi connectivity index (χ2n) is 6.35. The third-order valence-corrected chi connectivity index (χ3v) is 4.90. The highest BCUT2D eigenvalue weighted by atomic mass is 16.2. The summed E-state index contributed by atoms with van der Waals surface area (Å²) in [6.07, 6.45) is 7.32. The molecule has 3 atom stereocenters. The van der Waals surface area contributed by atoms with E-state index in [0.29, 0.717) is 11.9 Å². The van der Waals surface area contributed by atoms with Crippen molar-refractivity contribution in [2.24, 2.45) is 0 Å². The van der Waals surface area contributed by atoms with E-state index in [1.54, 1.807) is 0 Å². The molecule has 3 unspecified atom stereocenters. The molecule has 0 spiro atoms. The third kappa shape index (κ3) is 2.52. The summed E-state index contributed by atoms with van der Waals surface area (Å²) in [6, 6.07) is 1.35. The number of carbonyl (C=O) groups is 1. The largest absolute Gasteiger partial charge is 0.321 e. The Bertz CT molecular complexity index is 342. The van der Waals surface area contributed by atoms with Gasteiger partial charge in [-0.3, -0.25) is 15.0 Å². The van der Waals surface area contributed by atoms with Crippen LogP contribution in [0.2, 0.25) is 0 Å². The van der Waals surface area contributed by atoms with Crippen LogP contribution in [0.25, 0.3) is 0 Å². The summed E-state index contributed by atoms with van der Waals surface area (Å²) in [5.41, 5.74) is 0. The number of nitrogens with zero attached hydrogens (tertiary/aromatic N) is 2. The fourth-order valence-electron chi connectivity index (χ4n) is 3.71. The molecule has 108 valence electrons. The van der Waals surface area contributed by atoms with Gasteiger partial charge < -0.3 is 4.90 Å². The molecule has 3 rings (SSSR count). The zero-order valence-corrected chi connectivity index (χ0v) is 12.3. The monoisotopic (exact) mass is 265 g/mol. The summed E-state index contributed by atoms with van der Waals surface area (Å²) < 4.78 is 0. The molecule has 0 aromatic carbocycles. The Morgan fingerprint density at radius 2 is 2.00 bits per heavy atom. The molecule has 0 aromatic heterocycles. The smallest absolute Gasteiger partial charge is 0.241 e. The first kappa shape index (κ1) is 13.4. The molecule has 0 bridgehead atoms. The number of hydrogen-bond donors (Lipinski definition) is 1. The van der Waals surface area contributed by atoms with E-state index in [-0.39, 0.29) is 12.2 Å². The molecule has 2 saturated heterocycles. The first-order chi connectivity index (χ1) is 9.24. The molecular weight excluding hydrogens is 238 g/mol. The highest BCUT2D eigenvalue weighted by Gasteiger charge is 2.44. The van der Waals surface area contributed by atoms with Crippen LogP contribution in [0.3, 0.4) is 0 Å². The van der Waals surface area contributed by atoms with Gasteiger partial charge in [-0.2, -0.15) is 0 Å². The molecule has 0 radical (unpaired) electrons. The highest BCUT2D eigenvalue weighted by Crippen LogP contribution is 2.33. The number of amides is 1. The molecule has 3 fully saturated rings. The Hall–Kier alpha value is -0.610. The van der Waals surface area contributed by atoms with E-state index < -0.39 is 0 Å². The van der Waals surface area contributed by atoms with Crippen molar-refractivity contribution < 1.29 is 4.79 Å².